The van der Waals surface area contributed by atoms with Crippen molar-refractivity contribution in [3.63, 3.8) is 0 Å². The Hall–Kier alpha value is -6.64. The number of hydrogen-bond acceptors (Lipinski definition) is 0. The zero-order valence-electron chi connectivity index (χ0n) is 27.2. The van der Waals surface area contributed by atoms with Crippen molar-refractivity contribution >= 4 is 75.9 Å². The van der Waals surface area contributed by atoms with Gasteiger partial charge in [0, 0.05) is 32.9 Å². The van der Waals surface area contributed by atoms with Gasteiger partial charge in [0.15, 0.2) is 0 Å². The van der Waals surface area contributed by atoms with Crippen LogP contribution >= 0.6 is 0 Å². The number of rotatable bonds is 3. The summed E-state index contributed by atoms with van der Waals surface area (Å²) in [5.74, 6) is 0. The summed E-state index contributed by atoms with van der Waals surface area (Å²) < 4.78 is 4.78. The number of hydrogen-bond donors (Lipinski definition) is 0. The summed E-state index contributed by atoms with van der Waals surface area (Å²) in [6.45, 7) is 0. The topological polar surface area (TPSA) is 9.86 Å². The van der Waals surface area contributed by atoms with Crippen molar-refractivity contribution in [3.8, 4) is 22.5 Å². The first-order valence-electron chi connectivity index (χ1n) is 17.3. The van der Waals surface area contributed by atoms with Crippen molar-refractivity contribution in [3.05, 3.63) is 182 Å². The van der Waals surface area contributed by atoms with Gasteiger partial charge in [0.25, 0.3) is 0 Å². The molecule has 0 bridgehead atoms. The van der Waals surface area contributed by atoms with E-state index in [1.807, 2.05) is 0 Å². The van der Waals surface area contributed by atoms with E-state index < -0.39 is 0 Å². The molecule has 50 heavy (non-hydrogen) atoms. The maximum Gasteiger partial charge on any atom is 0.0541 e. The highest BCUT2D eigenvalue weighted by atomic mass is 15.0. The molecule has 0 saturated carbocycles. The van der Waals surface area contributed by atoms with E-state index in [0.717, 1.165) is 11.4 Å². The maximum atomic E-state index is 2.41. The van der Waals surface area contributed by atoms with Crippen molar-refractivity contribution in [1.29, 1.82) is 0 Å². The minimum absolute atomic E-state index is 1.15. The molecular formula is C48H30N2. The third-order valence-electron chi connectivity index (χ3n) is 10.7. The van der Waals surface area contributed by atoms with Crippen LogP contribution in [0.5, 0.6) is 0 Å². The highest BCUT2D eigenvalue weighted by Gasteiger charge is 2.16. The van der Waals surface area contributed by atoms with Gasteiger partial charge < -0.3 is 9.13 Å². The van der Waals surface area contributed by atoms with Crippen LogP contribution in [0.4, 0.5) is 0 Å². The third kappa shape index (κ3) is 3.85. The Bertz CT molecular complexity index is 3050. The van der Waals surface area contributed by atoms with Gasteiger partial charge in [-0.2, -0.15) is 0 Å². The largest absolute Gasteiger partial charge is 0.309 e. The third-order valence-corrected chi connectivity index (χ3v) is 10.7. The summed E-state index contributed by atoms with van der Waals surface area (Å²) in [6.07, 6.45) is 0. The molecule has 2 heterocycles. The number of aromatic nitrogens is 2. The number of benzene rings is 9. The Balaban J connectivity index is 1.07. The molecule has 0 fully saturated rings. The maximum absolute atomic E-state index is 2.41. The highest BCUT2D eigenvalue weighted by molar-refractivity contribution is 6.26. The molecule has 2 aromatic heterocycles. The second kappa shape index (κ2) is 10.4. The second-order valence-electron chi connectivity index (χ2n) is 13.3. The average Bonchev–Trinajstić information content (AvgIpc) is 3.71. The predicted molar refractivity (Wildman–Crippen MR) is 213 cm³/mol. The molecule has 11 rings (SSSR count). The van der Waals surface area contributed by atoms with Gasteiger partial charge in [0.2, 0.25) is 0 Å². The monoisotopic (exact) mass is 634 g/mol. The van der Waals surface area contributed by atoms with E-state index in [1.165, 1.54) is 87.1 Å². The molecule has 2 heteroatoms. The van der Waals surface area contributed by atoms with Gasteiger partial charge >= 0.3 is 0 Å². The lowest BCUT2D eigenvalue weighted by Gasteiger charge is -2.13. The lowest BCUT2D eigenvalue weighted by Crippen LogP contribution is -1.97. The Morgan fingerprint density at radius 1 is 0.220 bits per heavy atom. The van der Waals surface area contributed by atoms with E-state index in [1.54, 1.807) is 0 Å². The van der Waals surface area contributed by atoms with Crippen LogP contribution in [0.3, 0.4) is 0 Å². The van der Waals surface area contributed by atoms with Crippen LogP contribution < -0.4 is 0 Å². The number of para-hydroxylation sites is 3. The molecule has 9 aromatic carbocycles. The minimum atomic E-state index is 1.15. The SMILES string of the molecule is c1ccc2c(c1)c1ccccc1c1cc(-c3ccc4c(c3)c3ccccc3n4-c3ccc(-n4c5ccccc5c5ccccc54)cc3)ccc21. The molecule has 11 aromatic rings. The summed E-state index contributed by atoms with van der Waals surface area (Å²) in [5, 5.41) is 12.9. The lowest BCUT2D eigenvalue weighted by molar-refractivity contribution is 1.14. The lowest BCUT2D eigenvalue weighted by atomic mass is 9.92. The van der Waals surface area contributed by atoms with Gasteiger partial charge in [-0.25, -0.2) is 0 Å². The zero-order valence-corrected chi connectivity index (χ0v) is 27.2. The van der Waals surface area contributed by atoms with E-state index in [2.05, 4.69) is 191 Å². The van der Waals surface area contributed by atoms with E-state index in [4.69, 9.17) is 0 Å². The fraction of sp³-hybridized carbons (Fsp3) is 0. The fourth-order valence-corrected chi connectivity index (χ4v) is 8.47. The van der Waals surface area contributed by atoms with Crippen LogP contribution in [0, 0.1) is 0 Å². The second-order valence-corrected chi connectivity index (χ2v) is 13.3. The summed E-state index contributed by atoms with van der Waals surface area (Å²) >= 11 is 0. The van der Waals surface area contributed by atoms with Gasteiger partial charge in [-0.15, -0.1) is 0 Å². The Labute approximate surface area is 288 Å². The van der Waals surface area contributed by atoms with E-state index >= 15 is 0 Å². The fourth-order valence-electron chi connectivity index (χ4n) is 8.47. The summed E-state index contributed by atoms with van der Waals surface area (Å²) in [5.41, 5.74) is 9.62. The van der Waals surface area contributed by atoms with Crippen LogP contribution in [-0.2, 0) is 0 Å². The van der Waals surface area contributed by atoms with Gasteiger partial charge in [0.05, 0.1) is 22.1 Å². The van der Waals surface area contributed by atoms with Crippen molar-refractivity contribution in [2.24, 2.45) is 0 Å². The van der Waals surface area contributed by atoms with Crippen LogP contribution in [0.2, 0.25) is 0 Å². The number of nitrogens with zero attached hydrogens (tertiary/aromatic N) is 2. The first-order valence-corrected chi connectivity index (χ1v) is 17.3. The molecule has 0 N–H and O–H groups in total. The van der Waals surface area contributed by atoms with Crippen LogP contribution in [-0.4, -0.2) is 9.13 Å². The van der Waals surface area contributed by atoms with E-state index in [0.29, 0.717) is 0 Å². The Kier molecular flexibility index (Phi) is 5.70. The quantitative estimate of drug-likeness (QED) is 0.171. The van der Waals surface area contributed by atoms with Crippen LogP contribution in [0.15, 0.2) is 182 Å². The van der Waals surface area contributed by atoms with E-state index in [9.17, 15) is 0 Å². The Morgan fingerprint density at radius 3 is 1.02 bits per heavy atom. The Morgan fingerprint density at radius 2 is 0.540 bits per heavy atom. The van der Waals surface area contributed by atoms with Crippen LogP contribution in [0.25, 0.3) is 98.4 Å². The molecule has 0 unspecified atom stereocenters. The van der Waals surface area contributed by atoms with Crippen molar-refractivity contribution in [2.45, 2.75) is 0 Å². The molecule has 2 nitrogen and oxygen atoms in total. The van der Waals surface area contributed by atoms with Crippen LogP contribution in [0.1, 0.15) is 0 Å². The molecule has 0 atom stereocenters. The molecular weight excluding hydrogens is 605 g/mol. The van der Waals surface area contributed by atoms with Crippen molar-refractivity contribution in [1.82, 2.24) is 9.13 Å². The van der Waals surface area contributed by atoms with E-state index in [-0.39, 0.29) is 0 Å². The summed E-state index contributed by atoms with van der Waals surface area (Å²) in [4.78, 5) is 0. The molecule has 0 aliphatic carbocycles. The molecule has 0 aliphatic heterocycles. The number of fused-ring (bicyclic) bond motifs is 12. The summed E-state index contributed by atoms with van der Waals surface area (Å²) in [7, 11) is 0. The van der Waals surface area contributed by atoms with Gasteiger partial charge in [-0.3, -0.25) is 0 Å². The highest BCUT2D eigenvalue weighted by Crippen LogP contribution is 2.40. The standard InChI is InChI=1S/C48H30N2/c1-2-13-37-35(11-1)36-12-3-4-14-38(36)43-29-31(21-27-39(37)43)32-22-28-48-44(30-32)42-17-7-10-20-47(42)50(48)34-25-23-33(24-26-34)49-45-18-8-5-15-40(45)41-16-6-9-19-46(41)49/h1-30H. The van der Waals surface area contributed by atoms with Gasteiger partial charge in [-0.1, -0.05) is 121 Å². The molecule has 0 aliphatic rings. The first kappa shape index (κ1) is 27.3. The zero-order chi connectivity index (χ0) is 32.8. The summed E-state index contributed by atoms with van der Waals surface area (Å²) in [6, 6.07) is 66.7. The normalized spacial score (nSPS) is 12.0. The minimum Gasteiger partial charge on any atom is -0.309 e. The molecule has 232 valence electrons. The van der Waals surface area contributed by atoms with Gasteiger partial charge in [0.1, 0.15) is 0 Å². The molecule has 0 saturated heterocycles. The predicted octanol–water partition coefficient (Wildman–Crippen LogP) is 13.0. The average molecular weight is 635 g/mol. The van der Waals surface area contributed by atoms with Crippen molar-refractivity contribution in [2.75, 3.05) is 0 Å². The van der Waals surface area contributed by atoms with Crippen molar-refractivity contribution < 1.29 is 0 Å². The molecule has 0 radical (unpaired) electrons. The van der Waals surface area contributed by atoms with Gasteiger partial charge in [-0.05, 0) is 104 Å². The molecule has 0 spiro atoms. The first-order chi connectivity index (χ1) is 24.8. The smallest absolute Gasteiger partial charge is 0.0541 e. The molecule has 0 amide bonds.